The van der Waals surface area contributed by atoms with Crippen molar-refractivity contribution in [3.05, 3.63) is 46.9 Å². The van der Waals surface area contributed by atoms with Gasteiger partial charge in [-0.3, -0.25) is 0 Å². The summed E-state index contributed by atoms with van der Waals surface area (Å²) in [4.78, 5) is 2.40. The molecule has 1 heterocycles. The van der Waals surface area contributed by atoms with Crippen LogP contribution in [-0.4, -0.2) is 6.04 Å². The second kappa shape index (κ2) is 5.61. The lowest BCUT2D eigenvalue weighted by Crippen LogP contribution is -2.15. The molecule has 0 atom stereocenters. The first-order valence-corrected chi connectivity index (χ1v) is 7.65. The van der Waals surface area contributed by atoms with Gasteiger partial charge in [-0.25, -0.2) is 0 Å². The van der Waals surface area contributed by atoms with Gasteiger partial charge in [-0.05, 0) is 49.6 Å². The SMILES string of the molecule is Cc1occc1Sc1ccc(Cl)cc1CNC1CC1. The van der Waals surface area contributed by atoms with Crippen LogP contribution in [0.25, 0.3) is 0 Å². The fourth-order valence-electron chi connectivity index (χ4n) is 1.93. The Morgan fingerprint density at radius 2 is 2.16 bits per heavy atom. The number of hydrogen-bond acceptors (Lipinski definition) is 3. The third-order valence-electron chi connectivity index (χ3n) is 3.21. The lowest BCUT2D eigenvalue weighted by Gasteiger charge is -2.10. The molecule has 2 nitrogen and oxygen atoms in total. The molecule has 0 radical (unpaired) electrons. The molecule has 1 saturated carbocycles. The maximum Gasteiger partial charge on any atom is 0.114 e. The highest BCUT2D eigenvalue weighted by Gasteiger charge is 2.20. The topological polar surface area (TPSA) is 25.2 Å². The fraction of sp³-hybridized carbons (Fsp3) is 0.333. The average Bonchev–Trinajstić information content (AvgIpc) is 3.14. The number of furan rings is 1. The minimum atomic E-state index is 0.701. The molecule has 0 bridgehead atoms. The van der Waals surface area contributed by atoms with E-state index in [4.69, 9.17) is 16.0 Å². The summed E-state index contributed by atoms with van der Waals surface area (Å²) >= 11 is 7.84. The Morgan fingerprint density at radius 3 is 2.84 bits per heavy atom. The molecule has 0 spiro atoms. The minimum absolute atomic E-state index is 0.701. The monoisotopic (exact) mass is 293 g/mol. The van der Waals surface area contributed by atoms with Gasteiger partial charge < -0.3 is 9.73 Å². The number of rotatable bonds is 5. The number of halogens is 1. The van der Waals surface area contributed by atoms with Gasteiger partial charge in [-0.15, -0.1) is 0 Å². The summed E-state index contributed by atoms with van der Waals surface area (Å²) in [7, 11) is 0. The van der Waals surface area contributed by atoms with Crippen molar-refractivity contribution in [3.63, 3.8) is 0 Å². The van der Waals surface area contributed by atoms with Crippen LogP contribution in [0.3, 0.4) is 0 Å². The molecule has 1 aromatic heterocycles. The van der Waals surface area contributed by atoms with E-state index in [0.717, 1.165) is 22.2 Å². The molecule has 3 rings (SSSR count). The Hall–Kier alpha value is -0.900. The summed E-state index contributed by atoms with van der Waals surface area (Å²) in [5.74, 6) is 0.959. The Balaban J connectivity index is 1.80. The third kappa shape index (κ3) is 3.35. The predicted molar refractivity (Wildman–Crippen MR) is 78.9 cm³/mol. The van der Waals surface area contributed by atoms with Crippen LogP contribution < -0.4 is 5.32 Å². The van der Waals surface area contributed by atoms with Crippen molar-refractivity contribution in [2.24, 2.45) is 0 Å². The van der Waals surface area contributed by atoms with Crippen molar-refractivity contribution in [3.8, 4) is 0 Å². The van der Waals surface area contributed by atoms with Gasteiger partial charge in [-0.1, -0.05) is 23.4 Å². The van der Waals surface area contributed by atoms with Crippen molar-refractivity contribution in [2.45, 2.75) is 42.1 Å². The highest BCUT2D eigenvalue weighted by atomic mass is 35.5. The smallest absolute Gasteiger partial charge is 0.114 e. The Labute approximate surface area is 122 Å². The molecule has 1 fully saturated rings. The molecular formula is C15H16ClNOS. The maximum absolute atomic E-state index is 6.11. The van der Waals surface area contributed by atoms with Gasteiger partial charge in [0.1, 0.15) is 5.76 Å². The lowest BCUT2D eigenvalue weighted by atomic mass is 10.2. The van der Waals surface area contributed by atoms with E-state index < -0.39 is 0 Å². The first kappa shape index (κ1) is 13.1. The largest absolute Gasteiger partial charge is 0.468 e. The lowest BCUT2D eigenvalue weighted by molar-refractivity contribution is 0.527. The highest BCUT2D eigenvalue weighted by molar-refractivity contribution is 7.99. The van der Waals surface area contributed by atoms with E-state index in [1.807, 2.05) is 19.1 Å². The first-order valence-electron chi connectivity index (χ1n) is 6.46. The van der Waals surface area contributed by atoms with Crippen LogP contribution in [0.15, 0.2) is 44.7 Å². The van der Waals surface area contributed by atoms with Crippen molar-refractivity contribution in [2.75, 3.05) is 0 Å². The Morgan fingerprint density at radius 1 is 1.32 bits per heavy atom. The van der Waals surface area contributed by atoms with Gasteiger partial charge in [0.2, 0.25) is 0 Å². The summed E-state index contributed by atoms with van der Waals surface area (Å²) in [6.45, 7) is 2.87. The normalized spacial score (nSPS) is 14.8. The van der Waals surface area contributed by atoms with Crippen LogP contribution in [-0.2, 0) is 6.54 Å². The molecule has 100 valence electrons. The zero-order valence-electron chi connectivity index (χ0n) is 10.8. The molecule has 0 aliphatic heterocycles. The third-order valence-corrected chi connectivity index (χ3v) is 4.71. The van der Waals surface area contributed by atoms with E-state index in [1.54, 1.807) is 18.0 Å². The van der Waals surface area contributed by atoms with Gasteiger partial charge >= 0.3 is 0 Å². The Bertz CT molecular complexity index is 577. The molecule has 1 aromatic carbocycles. The first-order chi connectivity index (χ1) is 9.22. The second-order valence-corrected chi connectivity index (χ2v) is 6.37. The van der Waals surface area contributed by atoms with E-state index in [9.17, 15) is 0 Å². The number of nitrogens with one attached hydrogen (secondary N) is 1. The van der Waals surface area contributed by atoms with Gasteiger partial charge in [0.25, 0.3) is 0 Å². The summed E-state index contributed by atoms with van der Waals surface area (Å²) in [6, 6.07) is 8.79. The molecule has 1 N–H and O–H groups in total. The summed E-state index contributed by atoms with van der Waals surface area (Å²) in [5.41, 5.74) is 1.25. The quantitative estimate of drug-likeness (QED) is 0.869. The van der Waals surface area contributed by atoms with Crippen molar-refractivity contribution < 1.29 is 4.42 Å². The zero-order valence-corrected chi connectivity index (χ0v) is 12.4. The van der Waals surface area contributed by atoms with Crippen LogP contribution in [0.4, 0.5) is 0 Å². The van der Waals surface area contributed by atoms with Crippen molar-refractivity contribution in [1.82, 2.24) is 5.32 Å². The van der Waals surface area contributed by atoms with E-state index in [0.29, 0.717) is 6.04 Å². The second-order valence-electron chi connectivity index (χ2n) is 4.85. The van der Waals surface area contributed by atoms with Crippen LogP contribution in [0.5, 0.6) is 0 Å². The highest BCUT2D eigenvalue weighted by Crippen LogP contribution is 2.34. The standard InChI is InChI=1S/C15H16ClNOS/c1-10-14(6-7-18-10)19-15-5-2-12(16)8-11(15)9-17-13-3-4-13/h2,5-8,13,17H,3-4,9H2,1H3. The molecule has 1 aliphatic carbocycles. The molecule has 0 amide bonds. The molecule has 19 heavy (non-hydrogen) atoms. The summed E-state index contributed by atoms with van der Waals surface area (Å²) < 4.78 is 5.35. The molecule has 2 aromatic rings. The molecule has 4 heteroatoms. The summed E-state index contributed by atoms with van der Waals surface area (Å²) in [5, 5.41) is 4.33. The van der Waals surface area contributed by atoms with Gasteiger partial charge in [-0.2, -0.15) is 0 Å². The molecule has 1 aliphatic rings. The molecule has 0 saturated heterocycles. The maximum atomic E-state index is 6.11. The fourth-order valence-corrected chi connectivity index (χ4v) is 3.07. The average molecular weight is 294 g/mol. The van der Waals surface area contributed by atoms with E-state index in [2.05, 4.69) is 17.4 Å². The van der Waals surface area contributed by atoms with Gasteiger partial charge in [0.15, 0.2) is 0 Å². The minimum Gasteiger partial charge on any atom is -0.468 e. The van der Waals surface area contributed by atoms with E-state index in [1.165, 1.54) is 23.3 Å². The van der Waals surface area contributed by atoms with E-state index >= 15 is 0 Å². The van der Waals surface area contributed by atoms with Crippen LogP contribution in [0.1, 0.15) is 24.2 Å². The van der Waals surface area contributed by atoms with Gasteiger partial charge in [0, 0.05) is 22.5 Å². The number of benzene rings is 1. The summed E-state index contributed by atoms with van der Waals surface area (Å²) in [6.07, 6.45) is 4.32. The van der Waals surface area contributed by atoms with Gasteiger partial charge in [0.05, 0.1) is 11.2 Å². The Kier molecular flexibility index (Phi) is 3.87. The predicted octanol–water partition coefficient (Wildman–Crippen LogP) is 4.64. The van der Waals surface area contributed by atoms with Crippen LogP contribution in [0.2, 0.25) is 5.02 Å². The van der Waals surface area contributed by atoms with Crippen LogP contribution in [0, 0.1) is 6.92 Å². The van der Waals surface area contributed by atoms with Crippen molar-refractivity contribution >= 4 is 23.4 Å². The number of hydrogen-bond donors (Lipinski definition) is 1. The molecular weight excluding hydrogens is 278 g/mol. The zero-order chi connectivity index (χ0) is 13.2. The molecule has 0 unspecified atom stereocenters. The number of aryl methyl sites for hydroxylation is 1. The van der Waals surface area contributed by atoms with Crippen LogP contribution >= 0.6 is 23.4 Å². The van der Waals surface area contributed by atoms with Crippen molar-refractivity contribution in [1.29, 1.82) is 0 Å². The van der Waals surface area contributed by atoms with E-state index in [-0.39, 0.29) is 0 Å².